The van der Waals surface area contributed by atoms with Gasteiger partial charge in [-0.15, -0.1) is 11.3 Å². The summed E-state index contributed by atoms with van der Waals surface area (Å²) in [5.41, 5.74) is 0.733. The number of benzene rings is 1. The number of amides is 3. The van der Waals surface area contributed by atoms with Crippen molar-refractivity contribution in [2.24, 2.45) is 0 Å². The van der Waals surface area contributed by atoms with Gasteiger partial charge in [-0.25, -0.2) is 4.79 Å². The average molecular weight is 375 g/mol. The fourth-order valence-electron chi connectivity index (χ4n) is 3.13. The van der Waals surface area contributed by atoms with E-state index in [1.807, 2.05) is 24.3 Å². The third-order valence-corrected chi connectivity index (χ3v) is 5.63. The van der Waals surface area contributed by atoms with E-state index in [0.717, 1.165) is 28.7 Å². The topological polar surface area (TPSA) is 64.7 Å². The quantitative estimate of drug-likeness (QED) is 0.763. The van der Waals surface area contributed by atoms with Gasteiger partial charge >= 0.3 is 6.03 Å². The lowest BCUT2D eigenvalue weighted by Crippen LogP contribution is -2.31. The average Bonchev–Trinajstić information content (AvgIpc) is 3.27. The van der Waals surface area contributed by atoms with Gasteiger partial charge in [0.05, 0.1) is 4.88 Å². The van der Waals surface area contributed by atoms with Crippen molar-refractivity contribution in [2.45, 2.75) is 19.3 Å². The molecule has 1 aromatic carbocycles. The molecule has 0 bridgehead atoms. The van der Waals surface area contributed by atoms with Gasteiger partial charge in [0.2, 0.25) is 0 Å². The Balaban J connectivity index is 1.51. The minimum atomic E-state index is -0.189. The number of carbonyl (C=O) groups excluding carboxylic acids is 2. The molecule has 140 valence electrons. The normalized spacial score (nSPS) is 14.5. The molecule has 1 fully saturated rings. The summed E-state index contributed by atoms with van der Waals surface area (Å²) in [7, 11) is 3.49. The number of urea groups is 1. The van der Waals surface area contributed by atoms with Crippen LogP contribution in [0.5, 0.6) is 0 Å². The third-order valence-electron chi connectivity index (χ3n) is 4.53. The lowest BCUT2D eigenvalue weighted by Gasteiger charge is -2.14. The molecule has 0 aliphatic carbocycles. The molecule has 2 N–H and O–H groups in total. The van der Waals surface area contributed by atoms with Crippen molar-refractivity contribution in [1.29, 1.82) is 0 Å². The van der Waals surface area contributed by atoms with E-state index >= 15 is 0 Å². The van der Waals surface area contributed by atoms with Crippen LogP contribution in [-0.2, 0) is 0 Å². The molecule has 0 saturated carbocycles. The van der Waals surface area contributed by atoms with Crippen molar-refractivity contribution in [3.05, 3.63) is 29.1 Å². The molecule has 2 heterocycles. The lowest BCUT2D eigenvalue weighted by atomic mass is 10.2. The Kier molecular flexibility index (Phi) is 6.11. The predicted octanol–water partition coefficient (Wildman–Crippen LogP) is 3.21. The molecule has 3 rings (SSSR count). The van der Waals surface area contributed by atoms with Crippen molar-refractivity contribution in [3.8, 4) is 0 Å². The van der Waals surface area contributed by atoms with Crippen molar-refractivity contribution in [2.75, 3.05) is 45.6 Å². The third kappa shape index (κ3) is 4.74. The van der Waals surface area contributed by atoms with Crippen LogP contribution >= 0.6 is 11.3 Å². The maximum Gasteiger partial charge on any atom is 0.319 e. The lowest BCUT2D eigenvalue weighted by molar-refractivity contribution is 0.0832. The number of rotatable bonds is 6. The van der Waals surface area contributed by atoms with Gasteiger partial charge < -0.3 is 20.4 Å². The molecular formula is C19H26N4O2S. The van der Waals surface area contributed by atoms with E-state index in [-0.39, 0.29) is 11.9 Å². The Bertz CT molecular complexity index is 781. The van der Waals surface area contributed by atoms with Gasteiger partial charge in [0.15, 0.2) is 0 Å². The summed E-state index contributed by atoms with van der Waals surface area (Å²) >= 11 is 1.47. The molecule has 2 aromatic rings. The molecule has 0 unspecified atom stereocenters. The van der Waals surface area contributed by atoms with Crippen LogP contribution in [0.1, 0.15) is 28.9 Å². The van der Waals surface area contributed by atoms with E-state index in [9.17, 15) is 9.59 Å². The first-order chi connectivity index (χ1) is 12.5. The summed E-state index contributed by atoms with van der Waals surface area (Å²) in [6.45, 7) is 4.09. The predicted molar refractivity (Wildman–Crippen MR) is 107 cm³/mol. The van der Waals surface area contributed by atoms with Crippen LogP contribution in [0.2, 0.25) is 0 Å². The fourth-order valence-corrected chi connectivity index (χ4v) is 4.20. The zero-order chi connectivity index (χ0) is 18.5. The second kappa shape index (κ2) is 8.51. The first kappa shape index (κ1) is 18.7. The zero-order valence-electron chi connectivity index (χ0n) is 15.4. The van der Waals surface area contributed by atoms with Gasteiger partial charge in [-0.05, 0) is 68.5 Å². The van der Waals surface area contributed by atoms with E-state index in [1.54, 1.807) is 19.0 Å². The van der Waals surface area contributed by atoms with Crippen LogP contribution in [0, 0.1) is 0 Å². The number of hydrogen-bond donors (Lipinski definition) is 2. The number of thiophene rings is 1. The highest BCUT2D eigenvalue weighted by Gasteiger charge is 2.13. The second-order valence-corrected chi connectivity index (χ2v) is 7.93. The summed E-state index contributed by atoms with van der Waals surface area (Å²) in [4.78, 5) is 28.8. The first-order valence-electron chi connectivity index (χ1n) is 9.05. The fraction of sp³-hybridized carbons (Fsp3) is 0.474. The number of fused-ring (bicyclic) bond motifs is 1. The van der Waals surface area contributed by atoms with Crippen molar-refractivity contribution in [1.82, 2.24) is 15.1 Å². The van der Waals surface area contributed by atoms with Gasteiger partial charge in [-0.3, -0.25) is 4.79 Å². The minimum Gasteiger partial charge on any atom is -0.344 e. The highest BCUT2D eigenvalue weighted by Crippen LogP contribution is 2.28. The Morgan fingerprint density at radius 1 is 1.19 bits per heavy atom. The smallest absolute Gasteiger partial charge is 0.319 e. The molecule has 7 heteroatoms. The van der Waals surface area contributed by atoms with Crippen LogP contribution in [0.15, 0.2) is 24.3 Å². The first-order valence-corrected chi connectivity index (χ1v) is 9.87. The summed E-state index contributed by atoms with van der Waals surface area (Å²) in [6, 6.07) is 7.40. The van der Waals surface area contributed by atoms with E-state index in [4.69, 9.17) is 0 Å². The minimum absolute atomic E-state index is 0.00328. The van der Waals surface area contributed by atoms with Crippen LogP contribution in [0.3, 0.4) is 0 Å². The maximum atomic E-state index is 12.1. The van der Waals surface area contributed by atoms with E-state index < -0.39 is 0 Å². The van der Waals surface area contributed by atoms with Gasteiger partial charge in [0, 0.05) is 31.0 Å². The van der Waals surface area contributed by atoms with Crippen molar-refractivity contribution >= 4 is 39.0 Å². The number of hydrogen-bond acceptors (Lipinski definition) is 4. The van der Waals surface area contributed by atoms with Crippen molar-refractivity contribution < 1.29 is 9.59 Å². The Hall–Kier alpha value is -2.12. The standard InChI is InChI=1S/C19H26N4O2S/c1-22(2)18(24)17-13-14-12-15(6-7-16(14)26-17)21-19(25)20-8-5-11-23-9-3-4-10-23/h6-7,12-13H,3-5,8-11H2,1-2H3,(H2,20,21,25). The monoisotopic (exact) mass is 374 g/mol. The second-order valence-electron chi connectivity index (χ2n) is 6.85. The number of carbonyl (C=O) groups is 2. The van der Waals surface area contributed by atoms with Gasteiger partial charge in [0.1, 0.15) is 0 Å². The summed E-state index contributed by atoms with van der Waals surface area (Å²) in [5, 5.41) is 6.74. The summed E-state index contributed by atoms with van der Waals surface area (Å²) in [6.07, 6.45) is 3.55. The van der Waals surface area contributed by atoms with Gasteiger partial charge in [-0.1, -0.05) is 0 Å². The molecule has 26 heavy (non-hydrogen) atoms. The van der Waals surface area contributed by atoms with Crippen LogP contribution in [0.25, 0.3) is 10.1 Å². The Morgan fingerprint density at radius 2 is 1.96 bits per heavy atom. The van der Waals surface area contributed by atoms with E-state index in [0.29, 0.717) is 11.4 Å². The molecule has 0 radical (unpaired) electrons. The molecular weight excluding hydrogens is 348 g/mol. The SMILES string of the molecule is CN(C)C(=O)c1cc2cc(NC(=O)NCCCN3CCCC3)ccc2s1. The summed E-state index contributed by atoms with van der Waals surface area (Å²) < 4.78 is 1.03. The zero-order valence-corrected chi connectivity index (χ0v) is 16.2. The van der Waals surface area contributed by atoms with Crippen molar-refractivity contribution in [3.63, 3.8) is 0 Å². The van der Waals surface area contributed by atoms with Gasteiger partial charge in [-0.2, -0.15) is 0 Å². The molecule has 1 aromatic heterocycles. The van der Waals surface area contributed by atoms with Crippen LogP contribution in [0.4, 0.5) is 10.5 Å². The molecule has 1 saturated heterocycles. The molecule has 6 nitrogen and oxygen atoms in total. The molecule has 1 aliphatic rings. The van der Waals surface area contributed by atoms with Crippen LogP contribution < -0.4 is 10.6 Å². The Labute approximate surface area is 158 Å². The largest absolute Gasteiger partial charge is 0.344 e. The highest BCUT2D eigenvalue weighted by atomic mass is 32.1. The number of nitrogens with one attached hydrogen (secondary N) is 2. The van der Waals surface area contributed by atoms with Gasteiger partial charge in [0.25, 0.3) is 5.91 Å². The Morgan fingerprint density at radius 3 is 2.69 bits per heavy atom. The molecule has 1 aliphatic heterocycles. The summed E-state index contributed by atoms with van der Waals surface area (Å²) in [5.74, 6) is -0.00328. The van der Waals surface area contributed by atoms with E-state index in [1.165, 1.54) is 37.3 Å². The van der Waals surface area contributed by atoms with E-state index in [2.05, 4.69) is 15.5 Å². The highest BCUT2D eigenvalue weighted by molar-refractivity contribution is 7.20. The number of nitrogens with zero attached hydrogens (tertiary/aromatic N) is 2. The molecule has 3 amide bonds. The molecule has 0 atom stereocenters. The number of anilines is 1. The number of likely N-dealkylation sites (tertiary alicyclic amines) is 1. The maximum absolute atomic E-state index is 12.1. The molecule has 0 spiro atoms. The van der Waals surface area contributed by atoms with Crippen LogP contribution in [-0.4, -0.2) is 62.0 Å².